The second-order valence-electron chi connectivity index (χ2n) is 9.07. The van der Waals surface area contributed by atoms with E-state index in [1.165, 1.54) is 32.3 Å². The summed E-state index contributed by atoms with van der Waals surface area (Å²) in [6.07, 6.45) is 1.17. The van der Waals surface area contributed by atoms with Crippen molar-refractivity contribution in [1.29, 1.82) is 0 Å². The van der Waals surface area contributed by atoms with Gasteiger partial charge in [-0.3, -0.25) is 24.6 Å². The van der Waals surface area contributed by atoms with E-state index in [0.717, 1.165) is 21.7 Å². The number of alkyl halides is 3. The number of nitrogens with zero attached hydrogens (tertiary/aromatic N) is 6. The number of carbonyl (C=O) groups is 3. The highest BCUT2D eigenvalue weighted by molar-refractivity contribution is 7.87. The van der Waals surface area contributed by atoms with Gasteiger partial charge in [0.1, 0.15) is 19.5 Å². The molecule has 2 amide bonds. The maximum absolute atomic E-state index is 13.1. The van der Waals surface area contributed by atoms with Crippen molar-refractivity contribution in [3.8, 4) is 0 Å². The van der Waals surface area contributed by atoms with Crippen molar-refractivity contribution in [3.63, 3.8) is 0 Å². The zero-order chi connectivity index (χ0) is 30.3. The van der Waals surface area contributed by atoms with Gasteiger partial charge in [0.05, 0.1) is 16.9 Å². The number of amides is 2. The number of hydrogen-bond donors (Lipinski definition) is 1. The number of esters is 1. The summed E-state index contributed by atoms with van der Waals surface area (Å²) in [6.45, 7) is 1.87. The molecule has 0 aliphatic carbocycles. The third kappa shape index (κ3) is 5.67. The van der Waals surface area contributed by atoms with Crippen LogP contribution in [-0.4, -0.2) is 73.8 Å². The van der Waals surface area contributed by atoms with E-state index >= 15 is 0 Å². The molecular formula is C21H20F3N7O9S. The Morgan fingerprint density at radius 1 is 1.24 bits per heavy atom. The molecule has 2 aliphatic heterocycles. The number of fused-ring (bicyclic) bond motifs is 1. The van der Waals surface area contributed by atoms with Crippen molar-refractivity contribution in [2.24, 2.45) is 11.8 Å². The molecule has 2 aromatic rings. The van der Waals surface area contributed by atoms with Gasteiger partial charge in [0.25, 0.3) is 5.69 Å². The third-order valence-corrected chi connectivity index (χ3v) is 7.37. The van der Waals surface area contributed by atoms with Crippen LogP contribution in [0.3, 0.4) is 0 Å². The van der Waals surface area contributed by atoms with Gasteiger partial charge in [-0.25, -0.2) is 9.48 Å². The molecule has 20 heteroatoms. The van der Waals surface area contributed by atoms with Crippen molar-refractivity contribution >= 4 is 33.6 Å². The normalized spacial score (nSPS) is 21.1. The third-order valence-electron chi connectivity index (χ3n) is 6.41. The lowest BCUT2D eigenvalue weighted by molar-refractivity contribution is -0.384. The molecule has 4 atom stereocenters. The van der Waals surface area contributed by atoms with Crippen molar-refractivity contribution in [1.82, 2.24) is 30.4 Å². The number of rotatable bonds is 10. The number of ether oxygens (including phenoxy) is 1. The van der Waals surface area contributed by atoms with Gasteiger partial charge in [0, 0.05) is 24.1 Å². The van der Waals surface area contributed by atoms with E-state index < -0.39 is 80.3 Å². The molecule has 2 aliphatic rings. The number of non-ortho nitro benzene ring substituents is 1. The number of tetrazole rings is 1. The second kappa shape index (κ2) is 10.7. The fourth-order valence-corrected chi connectivity index (χ4v) is 5.09. The second-order valence-corrected chi connectivity index (χ2v) is 10.6. The number of carbonyl (C=O) groups excluding carboxylic acids is 3. The van der Waals surface area contributed by atoms with Crippen LogP contribution in [0.5, 0.6) is 0 Å². The number of β-lactam (4-membered cyclic amide) rings is 1. The Morgan fingerprint density at radius 3 is 2.46 bits per heavy atom. The summed E-state index contributed by atoms with van der Waals surface area (Å²) in [5, 5.41) is 23.7. The van der Waals surface area contributed by atoms with Gasteiger partial charge in [-0.05, 0) is 35.0 Å². The molecule has 3 heterocycles. The van der Waals surface area contributed by atoms with Gasteiger partial charge >= 0.3 is 21.6 Å². The van der Waals surface area contributed by atoms with Gasteiger partial charge < -0.3 is 14.2 Å². The maximum Gasteiger partial charge on any atom is 0.534 e. The molecule has 0 spiro atoms. The van der Waals surface area contributed by atoms with E-state index in [-0.39, 0.29) is 17.8 Å². The molecule has 1 aromatic carbocycles. The Morgan fingerprint density at radius 2 is 1.90 bits per heavy atom. The summed E-state index contributed by atoms with van der Waals surface area (Å²) >= 11 is 0. The molecule has 41 heavy (non-hydrogen) atoms. The fraction of sp³-hybridized carbons (Fsp3) is 0.429. The summed E-state index contributed by atoms with van der Waals surface area (Å²) in [7, 11) is -6.24. The summed E-state index contributed by atoms with van der Waals surface area (Å²) in [5.41, 5.74) is -6.68. The molecule has 0 saturated carbocycles. The lowest BCUT2D eigenvalue weighted by Gasteiger charge is -2.47. The van der Waals surface area contributed by atoms with Gasteiger partial charge in [-0.1, -0.05) is 6.92 Å². The minimum atomic E-state index is -6.24. The molecule has 220 valence electrons. The number of halogens is 3. The van der Waals surface area contributed by atoms with Crippen LogP contribution in [-0.2, 0) is 46.6 Å². The average molecular weight is 603 g/mol. The molecule has 1 fully saturated rings. The van der Waals surface area contributed by atoms with Crippen LogP contribution in [0.1, 0.15) is 19.4 Å². The fourth-order valence-electron chi connectivity index (χ4n) is 4.53. The molecule has 1 aromatic heterocycles. The number of benzene rings is 1. The smallest absolute Gasteiger partial charge is 0.456 e. The van der Waals surface area contributed by atoms with Crippen LogP contribution in [0, 0.1) is 22.0 Å². The lowest BCUT2D eigenvalue weighted by atomic mass is 9.77. The van der Waals surface area contributed by atoms with Gasteiger partial charge in [-0.2, -0.15) is 21.6 Å². The van der Waals surface area contributed by atoms with Crippen LogP contribution < -0.4 is 5.32 Å². The van der Waals surface area contributed by atoms with E-state index in [2.05, 4.69) is 25.0 Å². The predicted molar refractivity (Wildman–Crippen MR) is 125 cm³/mol. The van der Waals surface area contributed by atoms with Crippen LogP contribution in [0.25, 0.3) is 0 Å². The van der Waals surface area contributed by atoms with Crippen LogP contribution in [0.4, 0.5) is 18.9 Å². The minimum Gasteiger partial charge on any atom is -0.456 e. The van der Waals surface area contributed by atoms with E-state index in [4.69, 9.17) is 4.74 Å². The Hall–Kier alpha value is -4.62. The van der Waals surface area contributed by atoms with Crippen LogP contribution >= 0.6 is 0 Å². The first-order chi connectivity index (χ1) is 19.1. The largest absolute Gasteiger partial charge is 0.534 e. The molecule has 0 unspecified atom stereocenters. The van der Waals surface area contributed by atoms with Crippen molar-refractivity contribution in [2.75, 3.05) is 0 Å². The molecule has 0 bridgehead atoms. The lowest BCUT2D eigenvalue weighted by Crippen LogP contribution is -2.66. The first-order valence-corrected chi connectivity index (χ1v) is 13.0. The molecule has 0 radical (unpaired) electrons. The number of aromatic nitrogens is 4. The van der Waals surface area contributed by atoms with E-state index in [9.17, 15) is 46.1 Å². The van der Waals surface area contributed by atoms with Crippen LogP contribution in [0.15, 0.2) is 42.0 Å². The number of hydrogen-bond acceptors (Lipinski definition) is 12. The zero-order valence-corrected chi connectivity index (χ0v) is 21.8. The minimum absolute atomic E-state index is 0.250. The first kappa shape index (κ1) is 29.4. The Labute approximate surface area is 228 Å². The molecule has 1 saturated heterocycles. The molecule has 4 rings (SSSR count). The van der Waals surface area contributed by atoms with Crippen LogP contribution in [0.2, 0.25) is 0 Å². The summed E-state index contributed by atoms with van der Waals surface area (Å²) in [6, 6.07) is 2.79. The quantitative estimate of drug-likeness (QED) is 0.0977. The first-order valence-electron chi connectivity index (χ1n) is 11.6. The van der Waals surface area contributed by atoms with E-state index in [1.807, 2.05) is 0 Å². The average Bonchev–Trinajstić information content (AvgIpc) is 3.46. The number of nitro groups is 1. The maximum atomic E-state index is 13.1. The zero-order valence-electron chi connectivity index (χ0n) is 21.0. The number of nitro benzene ring substituents is 1. The van der Waals surface area contributed by atoms with Gasteiger partial charge in [0.2, 0.25) is 11.8 Å². The number of nitrogens with one attached hydrogen (secondary N) is 1. The topological polar surface area (TPSA) is 206 Å². The van der Waals surface area contributed by atoms with Crippen molar-refractivity contribution in [3.05, 3.63) is 57.7 Å². The highest BCUT2D eigenvalue weighted by atomic mass is 32.2. The van der Waals surface area contributed by atoms with Crippen molar-refractivity contribution < 1.29 is 49.8 Å². The molecular weight excluding hydrogens is 583 g/mol. The Balaban J connectivity index is 1.56. The predicted octanol–water partition coefficient (Wildman–Crippen LogP) is 0.384. The van der Waals surface area contributed by atoms with Crippen molar-refractivity contribution in [2.45, 2.75) is 44.6 Å². The standard InChI is InChI=1S/C21H20F3N7O9S/c1-10-16-15(11(2)26-14(32)7-29-9-25-27-28-29)19(33)30(16)17(18(10)40-41(37,38)21(22,23)24)20(34)39-8-12-3-5-13(6-4-12)31(35)36/h3-6,9-11,15-16H,7-8H2,1-2H3,(H,26,32)/t10-,11-,15-,16-/m1/s1. The Kier molecular flexibility index (Phi) is 7.70. The van der Waals surface area contributed by atoms with E-state index in [1.54, 1.807) is 0 Å². The summed E-state index contributed by atoms with van der Waals surface area (Å²) < 4.78 is 73.7. The van der Waals surface area contributed by atoms with E-state index in [0.29, 0.717) is 0 Å². The summed E-state index contributed by atoms with van der Waals surface area (Å²) in [5.74, 6) is -6.04. The molecule has 16 nitrogen and oxygen atoms in total. The monoisotopic (exact) mass is 603 g/mol. The van der Waals surface area contributed by atoms with Gasteiger partial charge in [-0.15, -0.1) is 5.10 Å². The highest BCUT2D eigenvalue weighted by Crippen LogP contribution is 2.49. The summed E-state index contributed by atoms with van der Waals surface area (Å²) in [4.78, 5) is 49.4. The SMILES string of the molecule is C[C@@H](NC(=O)Cn1cnnn1)[C@H]1C(=O)N2C(C(=O)OCc3ccc([N+](=O)[O-])cc3)=C(OS(=O)(=O)C(F)(F)F)[C@H](C)[C@H]12. The molecule has 1 N–H and O–H groups in total. The Bertz CT molecular complexity index is 1510. The highest BCUT2D eigenvalue weighted by Gasteiger charge is 2.63. The van der Waals surface area contributed by atoms with Gasteiger partial charge in [0.15, 0.2) is 11.5 Å².